The van der Waals surface area contributed by atoms with Gasteiger partial charge in [0.05, 0.1) is 0 Å². The molecule has 0 atom stereocenters. The zero-order valence-corrected chi connectivity index (χ0v) is 11.0. The molecule has 2 heterocycles. The lowest BCUT2D eigenvalue weighted by molar-refractivity contribution is 0.504. The summed E-state index contributed by atoms with van der Waals surface area (Å²) in [5.41, 5.74) is 8.02. The first-order chi connectivity index (χ1) is 8.81. The molecule has 0 spiro atoms. The molecule has 96 valence electrons. The van der Waals surface area contributed by atoms with E-state index in [1.165, 1.54) is 24.3 Å². The first-order valence-electron chi connectivity index (χ1n) is 6.29. The standard InChI is InChI=1S/C13H17N3OS/c14-10-1-2-11-12(7-10)17-13(16-11)15-8-9-3-5-18-6-4-9/h1-2,7,9H,3-6,8,14H2,(H,15,16). The number of benzene rings is 1. The molecule has 1 aliphatic rings. The number of thioether (sulfide) groups is 1. The lowest BCUT2D eigenvalue weighted by atomic mass is 10.0. The molecule has 0 bridgehead atoms. The van der Waals surface area contributed by atoms with Crippen LogP contribution in [0.3, 0.4) is 0 Å². The average molecular weight is 263 g/mol. The minimum Gasteiger partial charge on any atom is -0.423 e. The molecule has 0 amide bonds. The number of nitrogens with one attached hydrogen (secondary N) is 1. The summed E-state index contributed by atoms with van der Waals surface area (Å²) in [5.74, 6) is 3.29. The Morgan fingerprint density at radius 2 is 2.22 bits per heavy atom. The van der Waals surface area contributed by atoms with E-state index >= 15 is 0 Å². The second-order valence-corrected chi connectivity index (χ2v) is 5.91. The largest absolute Gasteiger partial charge is 0.423 e. The molecule has 1 saturated heterocycles. The molecule has 0 saturated carbocycles. The third-order valence-corrected chi connectivity index (χ3v) is 4.34. The zero-order valence-electron chi connectivity index (χ0n) is 10.2. The number of hydrogen-bond acceptors (Lipinski definition) is 5. The van der Waals surface area contributed by atoms with Gasteiger partial charge in [0, 0.05) is 18.3 Å². The molecule has 3 rings (SSSR count). The van der Waals surface area contributed by atoms with Crippen LogP contribution in [-0.4, -0.2) is 23.0 Å². The number of fused-ring (bicyclic) bond motifs is 1. The fourth-order valence-electron chi connectivity index (χ4n) is 2.20. The fraction of sp³-hybridized carbons (Fsp3) is 0.462. The van der Waals surface area contributed by atoms with Gasteiger partial charge in [-0.2, -0.15) is 16.7 Å². The quantitative estimate of drug-likeness (QED) is 0.833. The van der Waals surface area contributed by atoms with Gasteiger partial charge in [0.15, 0.2) is 5.58 Å². The minimum atomic E-state index is 0.605. The van der Waals surface area contributed by atoms with Crippen LogP contribution < -0.4 is 11.1 Å². The number of nitrogens with zero attached hydrogens (tertiary/aromatic N) is 1. The normalized spacial score (nSPS) is 17.1. The van der Waals surface area contributed by atoms with Gasteiger partial charge < -0.3 is 15.5 Å². The van der Waals surface area contributed by atoms with E-state index in [4.69, 9.17) is 10.2 Å². The lowest BCUT2D eigenvalue weighted by Crippen LogP contribution is -2.19. The Morgan fingerprint density at radius 3 is 3.06 bits per heavy atom. The number of aromatic nitrogens is 1. The summed E-state index contributed by atoms with van der Waals surface area (Å²) in [6.07, 6.45) is 2.57. The van der Waals surface area contributed by atoms with Crippen molar-refractivity contribution in [3.63, 3.8) is 0 Å². The number of oxazole rings is 1. The van der Waals surface area contributed by atoms with E-state index in [0.717, 1.165) is 23.6 Å². The van der Waals surface area contributed by atoms with Crippen LogP contribution in [-0.2, 0) is 0 Å². The van der Waals surface area contributed by atoms with E-state index in [0.29, 0.717) is 11.7 Å². The van der Waals surface area contributed by atoms with Crippen LogP contribution >= 0.6 is 11.8 Å². The molecule has 0 unspecified atom stereocenters. The number of hydrogen-bond donors (Lipinski definition) is 2. The van der Waals surface area contributed by atoms with Crippen LogP contribution in [0, 0.1) is 5.92 Å². The Bertz CT molecular complexity index is 534. The van der Waals surface area contributed by atoms with Crippen LogP contribution in [0.1, 0.15) is 12.8 Å². The number of anilines is 2. The van der Waals surface area contributed by atoms with Crippen LogP contribution in [0.5, 0.6) is 0 Å². The average Bonchev–Trinajstić information content (AvgIpc) is 2.79. The molecule has 1 aromatic carbocycles. The highest BCUT2D eigenvalue weighted by Gasteiger charge is 2.14. The van der Waals surface area contributed by atoms with E-state index in [1.807, 2.05) is 30.0 Å². The van der Waals surface area contributed by atoms with E-state index < -0.39 is 0 Å². The van der Waals surface area contributed by atoms with Crippen molar-refractivity contribution >= 4 is 34.6 Å². The predicted octanol–water partition coefficient (Wildman–Crippen LogP) is 2.97. The molecule has 5 heteroatoms. The molecule has 0 radical (unpaired) electrons. The smallest absolute Gasteiger partial charge is 0.295 e. The predicted molar refractivity (Wildman–Crippen MR) is 77.0 cm³/mol. The summed E-state index contributed by atoms with van der Waals surface area (Å²) in [5, 5.41) is 3.30. The van der Waals surface area contributed by atoms with E-state index in [1.54, 1.807) is 0 Å². The Morgan fingerprint density at radius 1 is 1.39 bits per heavy atom. The highest BCUT2D eigenvalue weighted by Crippen LogP contribution is 2.24. The van der Waals surface area contributed by atoms with Crippen molar-refractivity contribution in [3.05, 3.63) is 18.2 Å². The first-order valence-corrected chi connectivity index (χ1v) is 7.44. The second kappa shape index (κ2) is 5.10. The molecule has 1 fully saturated rings. The highest BCUT2D eigenvalue weighted by molar-refractivity contribution is 7.99. The monoisotopic (exact) mass is 263 g/mol. The Kier molecular flexibility index (Phi) is 3.32. The fourth-order valence-corrected chi connectivity index (χ4v) is 3.40. The van der Waals surface area contributed by atoms with Crippen molar-refractivity contribution in [2.24, 2.45) is 5.92 Å². The van der Waals surface area contributed by atoms with Gasteiger partial charge in [0.1, 0.15) is 5.52 Å². The third-order valence-electron chi connectivity index (χ3n) is 3.30. The molecule has 4 nitrogen and oxygen atoms in total. The van der Waals surface area contributed by atoms with Crippen molar-refractivity contribution in [3.8, 4) is 0 Å². The maximum absolute atomic E-state index is 5.71. The lowest BCUT2D eigenvalue weighted by Gasteiger charge is -2.20. The van der Waals surface area contributed by atoms with Crippen LogP contribution in [0.15, 0.2) is 22.6 Å². The summed E-state index contributed by atoms with van der Waals surface area (Å²) >= 11 is 2.05. The Balaban J connectivity index is 1.67. The summed E-state index contributed by atoms with van der Waals surface area (Å²) < 4.78 is 5.63. The maximum Gasteiger partial charge on any atom is 0.295 e. The number of rotatable bonds is 3. The van der Waals surface area contributed by atoms with Gasteiger partial charge in [-0.3, -0.25) is 0 Å². The van der Waals surface area contributed by atoms with Crippen molar-refractivity contribution in [1.29, 1.82) is 0 Å². The summed E-state index contributed by atoms with van der Waals surface area (Å²) in [4.78, 5) is 4.40. The summed E-state index contributed by atoms with van der Waals surface area (Å²) in [6.45, 7) is 0.947. The molecule has 2 aromatic rings. The van der Waals surface area contributed by atoms with Gasteiger partial charge in [-0.25, -0.2) is 0 Å². The van der Waals surface area contributed by atoms with Crippen LogP contribution in [0.4, 0.5) is 11.7 Å². The van der Waals surface area contributed by atoms with Crippen LogP contribution in [0.25, 0.3) is 11.1 Å². The molecule has 1 aliphatic heterocycles. The van der Waals surface area contributed by atoms with Gasteiger partial charge in [-0.1, -0.05) is 0 Å². The first kappa shape index (κ1) is 11.7. The van der Waals surface area contributed by atoms with Crippen LogP contribution in [0.2, 0.25) is 0 Å². The van der Waals surface area contributed by atoms with Gasteiger partial charge in [-0.05, 0) is 42.4 Å². The summed E-state index contributed by atoms with van der Waals surface area (Å²) in [6, 6.07) is 6.14. The van der Waals surface area contributed by atoms with Crippen molar-refractivity contribution in [1.82, 2.24) is 4.98 Å². The Hall–Kier alpha value is -1.36. The zero-order chi connectivity index (χ0) is 12.4. The molecule has 18 heavy (non-hydrogen) atoms. The van der Waals surface area contributed by atoms with Crippen molar-refractivity contribution < 1.29 is 4.42 Å². The van der Waals surface area contributed by atoms with E-state index in [2.05, 4.69) is 10.3 Å². The van der Waals surface area contributed by atoms with Gasteiger partial charge >= 0.3 is 0 Å². The van der Waals surface area contributed by atoms with Gasteiger partial charge in [0.25, 0.3) is 6.01 Å². The van der Waals surface area contributed by atoms with Crippen molar-refractivity contribution in [2.75, 3.05) is 29.1 Å². The number of nitrogen functional groups attached to an aromatic ring is 1. The SMILES string of the molecule is Nc1ccc2nc(NCC3CCSCC3)oc2c1. The molecular formula is C13H17N3OS. The van der Waals surface area contributed by atoms with Gasteiger partial charge in [-0.15, -0.1) is 0 Å². The molecule has 3 N–H and O–H groups in total. The second-order valence-electron chi connectivity index (χ2n) is 4.68. The van der Waals surface area contributed by atoms with Crippen molar-refractivity contribution in [2.45, 2.75) is 12.8 Å². The van der Waals surface area contributed by atoms with E-state index in [9.17, 15) is 0 Å². The number of nitrogens with two attached hydrogens (primary N) is 1. The minimum absolute atomic E-state index is 0.605. The topological polar surface area (TPSA) is 64.1 Å². The third kappa shape index (κ3) is 2.56. The Labute approximate surface area is 110 Å². The van der Waals surface area contributed by atoms with Gasteiger partial charge in [0.2, 0.25) is 0 Å². The maximum atomic E-state index is 5.71. The molecule has 1 aromatic heterocycles. The molecule has 0 aliphatic carbocycles. The highest BCUT2D eigenvalue weighted by atomic mass is 32.2. The molecular weight excluding hydrogens is 246 g/mol. The summed E-state index contributed by atoms with van der Waals surface area (Å²) in [7, 11) is 0. The van der Waals surface area contributed by atoms with E-state index in [-0.39, 0.29) is 0 Å².